The van der Waals surface area contributed by atoms with Crippen LogP contribution in [0.3, 0.4) is 0 Å². The van der Waals surface area contributed by atoms with Gasteiger partial charge in [0.1, 0.15) is 30.2 Å². The maximum Gasteiger partial charge on any atom is 0.270 e. The summed E-state index contributed by atoms with van der Waals surface area (Å²) in [7, 11) is 0. The zero-order valence-electron chi connectivity index (χ0n) is 15.5. The van der Waals surface area contributed by atoms with Gasteiger partial charge in [0.05, 0.1) is 0 Å². The summed E-state index contributed by atoms with van der Waals surface area (Å²) in [5, 5.41) is 6.66. The van der Waals surface area contributed by atoms with Crippen molar-refractivity contribution in [3.8, 4) is 5.75 Å². The monoisotopic (exact) mass is 396 g/mol. The molecule has 6 nitrogen and oxygen atoms in total. The Morgan fingerprint density at radius 3 is 2.54 bits per heavy atom. The third-order valence-electron chi connectivity index (χ3n) is 3.88. The van der Waals surface area contributed by atoms with Crippen molar-refractivity contribution in [2.45, 2.75) is 20.0 Å². The number of carbonyl (C=O) groups excluding carboxylic acids is 1. The average molecular weight is 397 g/mol. The van der Waals surface area contributed by atoms with Crippen molar-refractivity contribution in [3.05, 3.63) is 77.2 Å². The molecule has 0 fully saturated rings. The van der Waals surface area contributed by atoms with E-state index in [0.717, 1.165) is 23.4 Å². The van der Waals surface area contributed by atoms with E-state index >= 15 is 0 Å². The molecule has 144 valence electrons. The molecule has 0 aliphatic rings. The topological polar surface area (TPSA) is 76.1 Å². The highest BCUT2D eigenvalue weighted by Crippen LogP contribution is 2.20. The van der Waals surface area contributed by atoms with Crippen LogP contribution in [0, 0.1) is 0 Å². The van der Waals surface area contributed by atoms with Gasteiger partial charge in [-0.05, 0) is 48.4 Å². The quantitative estimate of drug-likeness (QED) is 0.582. The molecule has 1 aromatic heterocycles. The van der Waals surface area contributed by atoms with Crippen LogP contribution in [0.25, 0.3) is 0 Å². The summed E-state index contributed by atoms with van der Waals surface area (Å²) in [6, 6.07) is 16.7. The Bertz CT molecular complexity index is 914. The zero-order valence-corrected chi connectivity index (χ0v) is 16.2. The molecule has 28 heavy (non-hydrogen) atoms. The Morgan fingerprint density at radius 1 is 1.07 bits per heavy atom. The molecule has 0 atom stereocenters. The molecule has 0 bridgehead atoms. The first kappa shape index (κ1) is 19.6. The fourth-order valence-corrected chi connectivity index (χ4v) is 2.53. The highest BCUT2D eigenvalue weighted by atomic mass is 35.5. The number of ether oxygens (including phenoxy) is 1. The third kappa shape index (κ3) is 5.69. The number of hydrogen-bond donors (Lipinski definition) is 2. The number of nitrogens with zero attached hydrogens (tertiary/aromatic N) is 2. The van der Waals surface area contributed by atoms with Crippen LogP contribution in [-0.2, 0) is 6.61 Å². The molecule has 0 saturated heterocycles. The van der Waals surface area contributed by atoms with E-state index in [1.54, 1.807) is 6.07 Å². The summed E-state index contributed by atoms with van der Waals surface area (Å²) in [5.41, 5.74) is 2.20. The first-order valence-corrected chi connectivity index (χ1v) is 9.36. The summed E-state index contributed by atoms with van der Waals surface area (Å²) < 4.78 is 5.78. The fourth-order valence-electron chi connectivity index (χ4n) is 2.41. The van der Waals surface area contributed by atoms with Crippen LogP contribution >= 0.6 is 11.6 Å². The standard InChI is InChI=1S/C21H21ClN4O2/c1-2-11-23-21(27)19-12-20(25-14-24-19)26-17-7-9-18(10-8-17)28-13-15-3-5-16(22)6-4-15/h3-10,12,14H,2,11,13H2,1H3,(H,23,27)(H,24,25,26). The highest BCUT2D eigenvalue weighted by molar-refractivity contribution is 6.30. The molecule has 2 aromatic carbocycles. The van der Waals surface area contributed by atoms with E-state index in [1.165, 1.54) is 6.33 Å². The van der Waals surface area contributed by atoms with Crippen molar-refractivity contribution in [1.82, 2.24) is 15.3 Å². The Hall–Kier alpha value is -3.12. The minimum Gasteiger partial charge on any atom is -0.489 e. The lowest BCUT2D eigenvalue weighted by Crippen LogP contribution is -2.25. The molecule has 1 amide bonds. The summed E-state index contributed by atoms with van der Waals surface area (Å²) in [4.78, 5) is 20.2. The van der Waals surface area contributed by atoms with Crippen LogP contribution < -0.4 is 15.4 Å². The summed E-state index contributed by atoms with van der Waals surface area (Å²) in [6.45, 7) is 3.07. The number of benzene rings is 2. The smallest absolute Gasteiger partial charge is 0.270 e. The maximum absolute atomic E-state index is 12.0. The Morgan fingerprint density at radius 2 is 1.82 bits per heavy atom. The molecule has 0 aliphatic heterocycles. The van der Waals surface area contributed by atoms with Crippen LogP contribution in [0.5, 0.6) is 5.75 Å². The third-order valence-corrected chi connectivity index (χ3v) is 4.13. The van der Waals surface area contributed by atoms with Crippen LogP contribution in [0.4, 0.5) is 11.5 Å². The summed E-state index contributed by atoms with van der Waals surface area (Å²) >= 11 is 5.88. The number of carbonyl (C=O) groups is 1. The minimum absolute atomic E-state index is 0.210. The SMILES string of the molecule is CCCNC(=O)c1cc(Nc2ccc(OCc3ccc(Cl)cc3)cc2)ncn1. The predicted molar refractivity (Wildman–Crippen MR) is 110 cm³/mol. The van der Waals surface area contributed by atoms with Gasteiger partial charge in [-0.25, -0.2) is 9.97 Å². The number of rotatable bonds is 8. The second-order valence-electron chi connectivity index (χ2n) is 6.11. The Balaban J connectivity index is 1.58. The number of nitrogens with one attached hydrogen (secondary N) is 2. The van der Waals surface area contributed by atoms with Gasteiger partial charge in [0.25, 0.3) is 5.91 Å². The molecule has 3 rings (SSSR count). The van der Waals surface area contributed by atoms with Crippen LogP contribution in [0.15, 0.2) is 60.9 Å². The van der Waals surface area contributed by atoms with E-state index in [2.05, 4.69) is 20.6 Å². The van der Waals surface area contributed by atoms with Gasteiger partial charge in [0.15, 0.2) is 0 Å². The van der Waals surface area contributed by atoms with Gasteiger partial charge >= 0.3 is 0 Å². The molecule has 0 unspecified atom stereocenters. The van der Waals surface area contributed by atoms with Gasteiger partial charge < -0.3 is 15.4 Å². The zero-order chi connectivity index (χ0) is 19.8. The van der Waals surface area contributed by atoms with Gasteiger partial charge in [-0.1, -0.05) is 30.7 Å². The Labute approximate surface area is 168 Å². The number of halogens is 1. The predicted octanol–water partition coefficient (Wildman–Crippen LogP) is 4.59. The van der Waals surface area contributed by atoms with E-state index < -0.39 is 0 Å². The summed E-state index contributed by atoms with van der Waals surface area (Å²) in [5.74, 6) is 1.09. The minimum atomic E-state index is -0.210. The van der Waals surface area contributed by atoms with Crippen molar-refractivity contribution in [2.24, 2.45) is 0 Å². The lowest BCUT2D eigenvalue weighted by Gasteiger charge is -2.09. The van der Waals surface area contributed by atoms with Crippen molar-refractivity contribution in [3.63, 3.8) is 0 Å². The van der Waals surface area contributed by atoms with Gasteiger partial charge in [-0.15, -0.1) is 0 Å². The number of aromatic nitrogens is 2. The molecule has 7 heteroatoms. The van der Waals surface area contributed by atoms with E-state index in [-0.39, 0.29) is 5.91 Å². The lowest BCUT2D eigenvalue weighted by molar-refractivity contribution is 0.0948. The van der Waals surface area contributed by atoms with E-state index in [0.29, 0.717) is 29.7 Å². The molecule has 0 saturated carbocycles. The molecule has 2 N–H and O–H groups in total. The molecule has 0 radical (unpaired) electrons. The van der Waals surface area contributed by atoms with Gasteiger partial charge in [0.2, 0.25) is 0 Å². The first-order valence-electron chi connectivity index (χ1n) is 8.98. The molecular weight excluding hydrogens is 376 g/mol. The molecule has 0 spiro atoms. The summed E-state index contributed by atoms with van der Waals surface area (Å²) in [6.07, 6.45) is 2.24. The van der Waals surface area contributed by atoms with Gasteiger partial charge in [-0.3, -0.25) is 4.79 Å². The molecule has 1 heterocycles. The lowest BCUT2D eigenvalue weighted by atomic mass is 10.2. The maximum atomic E-state index is 12.0. The van der Waals surface area contributed by atoms with Gasteiger partial charge in [-0.2, -0.15) is 0 Å². The van der Waals surface area contributed by atoms with E-state index in [9.17, 15) is 4.79 Å². The molecular formula is C21H21ClN4O2. The number of amides is 1. The first-order chi connectivity index (χ1) is 13.6. The van der Waals surface area contributed by atoms with Crippen molar-refractivity contribution >= 4 is 29.0 Å². The van der Waals surface area contributed by atoms with Crippen LogP contribution in [0.2, 0.25) is 5.02 Å². The second-order valence-corrected chi connectivity index (χ2v) is 6.55. The average Bonchev–Trinajstić information content (AvgIpc) is 2.73. The van der Waals surface area contributed by atoms with Crippen LogP contribution in [-0.4, -0.2) is 22.4 Å². The highest BCUT2D eigenvalue weighted by Gasteiger charge is 2.08. The van der Waals surface area contributed by atoms with Crippen molar-refractivity contribution in [2.75, 3.05) is 11.9 Å². The molecule has 3 aromatic rings. The normalized spacial score (nSPS) is 10.4. The van der Waals surface area contributed by atoms with Crippen molar-refractivity contribution in [1.29, 1.82) is 0 Å². The largest absolute Gasteiger partial charge is 0.489 e. The second kappa shape index (κ2) is 9.71. The van der Waals surface area contributed by atoms with Crippen molar-refractivity contribution < 1.29 is 9.53 Å². The number of hydrogen-bond acceptors (Lipinski definition) is 5. The Kier molecular flexibility index (Phi) is 6.81. The molecule has 0 aliphatic carbocycles. The van der Waals surface area contributed by atoms with E-state index in [4.69, 9.17) is 16.3 Å². The van der Waals surface area contributed by atoms with E-state index in [1.807, 2.05) is 55.5 Å². The fraction of sp³-hybridized carbons (Fsp3) is 0.190. The van der Waals surface area contributed by atoms with Crippen LogP contribution in [0.1, 0.15) is 29.4 Å². The van der Waals surface area contributed by atoms with Gasteiger partial charge in [0, 0.05) is 23.3 Å². The number of anilines is 2.